The molecule has 0 atom stereocenters. The van der Waals surface area contributed by atoms with E-state index in [-0.39, 0.29) is 11.6 Å². The van der Waals surface area contributed by atoms with E-state index in [9.17, 15) is 9.18 Å². The average molecular weight is 442 g/mol. The first kappa shape index (κ1) is 22.7. The fraction of sp³-hybridized carbons (Fsp3) is 0.241. The number of fused-ring (bicyclic) bond motifs is 1. The zero-order valence-electron chi connectivity index (χ0n) is 19.1. The molecule has 0 aliphatic rings. The van der Waals surface area contributed by atoms with Gasteiger partial charge in [0.2, 0.25) is 0 Å². The Bertz CT molecular complexity index is 1280. The summed E-state index contributed by atoms with van der Waals surface area (Å²) < 4.78 is 20.4. The molecule has 0 saturated carbocycles. The normalized spacial score (nSPS) is 11.0. The van der Waals surface area contributed by atoms with Gasteiger partial charge < -0.3 is 4.74 Å². The lowest BCUT2D eigenvalue weighted by molar-refractivity contribution is -0.118. The topological polar surface area (TPSA) is 39.2 Å². The van der Waals surface area contributed by atoms with Crippen molar-refractivity contribution in [2.24, 2.45) is 0 Å². The molecule has 4 rings (SSSR count). The Morgan fingerprint density at radius 1 is 0.909 bits per heavy atom. The molecule has 0 saturated heterocycles. The quantitative estimate of drug-likeness (QED) is 0.254. The fourth-order valence-electron chi connectivity index (χ4n) is 4.15. The highest BCUT2D eigenvalue weighted by molar-refractivity contribution is 5.93. The fourth-order valence-corrected chi connectivity index (χ4v) is 4.15. The molecule has 3 nitrogen and oxygen atoms in total. The van der Waals surface area contributed by atoms with Crippen molar-refractivity contribution in [3.05, 3.63) is 84.2 Å². The number of Topliss-reactive ketones (excluding diaryl/α,β-unsaturated/α-hetero) is 1. The van der Waals surface area contributed by atoms with Crippen molar-refractivity contribution in [1.82, 2.24) is 4.98 Å². The van der Waals surface area contributed by atoms with Crippen LogP contribution < -0.4 is 4.74 Å². The number of rotatable bonds is 9. The van der Waals surface area contributed by atoms with E-state index in [2.05, 4.69) is 6.92 Å². The second-order valence-electron chi connectivity index (χ2n) is 8.26. The Kier molecular flexibility index (Phi) is 7.13. The highest BCUT2D eigenvalue weighted by Crippen LogP contribution is 2.38. The van der Waals surface area contributed by atoms with Gasteiger partial charge in [0.05, 0.1) is 18.3 Å². The molecule has 168 valence electrons. The molecule has 4 aromatic rings. The molecule has 0 N–H and O–H groups in total. The van der Waals surface area contributed by atoms with Crippen LogP contribution in [0.15, 0.2) is 72.8 Å². The number of hydrogen-bond acceptors (Lipinski definition) is 3. The lowest BCUT2D eigenvalue weighted by atomic mass is 9.95. The Hall–Kier alpha value is -3.53. The number of ether oxygens (including phenoxy) is 1. The van der Waals surface area contributed by atoms with Crippen molar-refractivity contribution >= 4 is 16.7 Å². The van der Waals surface area contributed by atoms with Gasteiger partial charge in [-0.1, -0.05) is 56.2 Å². The van der Waals surface area contributed by atoms with Crippen molar-refractivity contribution in [1.29, 1.82) is 0 Å². The molecule has 3 aromatic carbocycles. The molecule has 0 radical (unpaired) electrons. The van der Waals surface area contributed by atoms with E-state index < -0.39 is 0 Å². The number of methoxy groups -OCH3 is 1. The summed E-state index contributed by atoms with van der Waals surface area (Å²) in [5.74, 6) is 0.615. The predicted molar refractivity (Wildman–Crippen MR) is 132 cm³/mol. The Labute approximate surface area is 194 Å². The second-order valence-corrected chi connectivity index (χ2v) is 8.26. The van der Waals surface area contributed by atoms with Crippen molar-refractivity contribution < 1.29 is 13.9 Å². The summed E-state index contributed by atoms with van der Waals surface area (Å²) >= 11 is 0. The zero-order valence-corrected chi connectivity index (χ0v) is 19.1. The van der Waals surface area contributed by atoms with E-state index >= 15 is 0 Å². The molecule has 4 heteroatoms. The van der Waals surface area contributed by atoms with Crippen LogP contribution in [0.5, 0.6) is 5.75 Å². The molecule has 0 bridgehead atoms. The van der Waals surface area contributed by atoms with Gasteiger partial charge in [-0.2, -0.15) is 0 Å². The minimum absolute atomic E-state index is 0.246. The van der Waals surface area contributed by atoms with Crippen LogP contribution in [0.4, 0.5) is 4.39 Å². The van der Waals surface area contributed by atoms with E-state index in [1.165, 1.54) is 6.07 Å². The van der Waals surface area contributed by atoms with E-state index in [4.69, 9.17) is 9.72 Å². The highest BCUT2D eigenvalue weighted by atomic mass is 19.1. The van der Waals surface area contributed by atoms with Gasteiger partial charge in [-0.15, -0.1) is 0 Å². The number of aromatic nitrogens is 1. The molecule has 1 heterocycles. The van der Waals surface area contributed by atoms with Crippen molar-refractivity contribution in [2.75, 3.05) is 7.11 Å². The summed E-state index contributed by atoms with van der Waals surface area (Å²) in [4.78, 5) is 17.3. The van der Waals surface area contributed by atoms with Crippen LogP contribution in [0.2, 0.25) is 0 Å². The van der Waals surface area contributed by atoms with Gasteiger partial charge >= 0.3 is 0 Å². The van der Waals surface area contributed by atoms with Crippen molar-refractivity contribution in [3.8, 4) is 28.1 Å². The summed E-state index contributed by atoms with van der Waals surface area (Å²) in [5.41, 5.74) is 4.38. The van der Waals surface area contributed by atoms with Crippen LogP contribution in [0.3, 0.4) is 0 Å². The lowest BCUT2D eigenvalue weighted by Gasteiger charge is -2.15. The molecule has 0 aliphatic heterocycles. The van der Waals surface area contributed by atoms with Crippen LogP contribution in [0.25, 0.3) is 33.3 Å². The number of carbonyl (C=O) groups excluding carboxylic acids is 1. The molecule has 0 spiro atoms. The van der Waals surface area contributed by atoms with Gasteiger partial charge in [0.25, 0.3) is 0 Å². The highest BCUT2D eigenvalue weighted by Gasteiger charge is 2.17. The molecule has 0 fully saturated rings. The standard InChI is InChI=1S/C29H28FNO2/c1-3-4-5-10-22(32)18-20-15-16-27-21(17-20)19-25(23-11-6-8-13-26(23)30)29(31-27)24-12-7-9-14-28(24)33-2/h6-9,11-17,19H,3-5,10,18H2,1-2H3. The zero-order chi connectivity index (χ0) is 23.2. The van der Waals surface area contributed by atoms with Crippen molar-refractivity contribution in [3.63, 3.8) is 0 Å². The number of unbranched alkanes of at least 4 members (excludes halogenated alkanes) is 2. The van der Waals surface area contributed by atoms with Crippen LogP contribution in [-0.2, 0) is 11.2 Å². The monoisotopic (exact) mass is 441 g/mol. The Balaban J connectivity index is 1.82. The first-order valence-electron chi connectivity index (χ1n) is 11.4. The molecule has 0 amide bonds. The number of pyridine rings is 1. The van der Waals surface area contributed by atoms with Crippen LogP contribution in [-0.4, -0.2) is 17.9 Å². The number of para-hydroxylation sites is 1. The summed E-state index contributed by atoms with van der Waals surface area (Å²) in [7, 11) is 1.62. The maximum Gasteiger partial charge on any atom is 0.137 e. The smallest absolute Gasteiger partial charge is 0.137 e. The summed E-state index contributed by atoms with van der Waals surface area (Å²) in [6.07, 6.45) is 4.12. The molecule has 0 aliphatic carbocycles. The SMILES string of the molecule is CCCCCC(=O)Cc1ccc2nc(-c3ccccc3OC)c(-c3ccccc3F)cc2c1. The van der Waals surface area contributed by atoms with Crippen LogP contribution in [0.1, 0.15) is 38.2 Å². The van der Waals surface area contributed by atoms with E-state index in [0.29, 0.717) is 35.4 Å². The summed E-state index contributed by atoms with van der Waals surface area (Å²) in [5, 5.41) is 0.880. The van der Waals surface area contributed by atoms with E-state index in [1.54, 1.807) is 19.2 Å². The lowest BCUT2D eigenvalue weighted by Crippen LogP contribution is -2.02. The molecule has 33 heavy (non-hydrogen) atoms. The average Bonchev–Trinajstić information content (AvgIpc) is 2.83. The Morgan fingerprint density at radius 2 is 1.67 bits per heavy atom. The van der Waals surface area contributed by atoms with Gasteiger partial charge in [0.1, 0.15) is 17.3 Å². The Morgan fingerprint density at radius 3 is 2.42 bits per heavy atom. The number of ketones is 1. The predicted octanol–water partition coefficient (Wildman–Crippen LogP) is 7.41. The number of hydrogen-bond donors (Lipinski definition) is 0. The summed E-state index contributed by atoms with van der Waals surface area (Å²) in [6.45, 7) is 2.13. The number of nitrogens with zero attached hydrogens (tertiary/aromatic N) is 1. The molecule has 1 aromatic heterocycles. The molecular formula is C29H28FNO2. The maximum atomic E-state index is 14.8. The summed E-state index contributed by atoms with van der Waals surface area (Å²) in [6, 6.07) is 22.2. The minimum atomic E-state index is -0.308. The number of halogens is 1. The van der Waals surface area contributed by atoms with Gasteiger partial charge in [-0.25, -0.2) is 9.37 Å². The van der Waals surface area contributed by atoms with Gasteiger partial charge in [0, 0.05) is 34.9 Å². The van der Waals surface area contributed by atoms with Crippen LogP contribution in [0, 0.1) is 5.82 Å². The van der Waals surface area contributed by atoms with Crippen LogP contribution >= 0.6 is 0 Å². The third-order valence-electron chi connectivity index (χ3n) is 5.87. The third kappa shape index (κ3) is 5.11. The van der Waals surface area contributed by atoms with E-state index in [0.717, 1.165) is 41.3 Å². The van der Waals surface area contributed by atoms with Gasteiger partial charge in [-0.3, -0.25) is 4.79 Å². The maximum absolute atomic E-state index is 14.8. The molecular weight excluding hydrogens is 413 g/mol. The van der Waals surface area contributed by atoms with Crippen molar-refractivity contribution in [2.45, 2.75) is 39.0 Å². The first-order valence-corrected chi connectivity index (χ1v) is 11.4. The number of carbonyl (C=O) groups is 1. The molecule has 0 unspecified atom stereocenters. The minimum Gasteiger partial charge on any atom is -0.496 e. The largest absolute Gasteiger partial charge is 0.496 e. The second kappa shape index (κ2) is 10.4. The third-order valence-corrected chi connectivity index (χ3v) is 5.87. The van der Waals surface area contributed by atoms with Gasteiger partial charge in [-0.05, 0) is 48.4 Å². The van der Waals surface area contributed by atoms with Gasteiger partial charge in [0.15, 0.2) is 0 Å². The van der Waals surface area contributed by atoms with E-state index in [1.807, 2.05) is 54.6 Å². The number of benzene rings is 3. The first-order chi connectivity index (χ1) is 16.1.